The van der Waals surface area contributed by atoms with Crippen molar-refractivity contribution in [2.24, 2.45) is 0 Å². The molecule has 0 atom stereocenters. The average molecular weight is 346 g/mol. The van der Waals surface area contributed by atoms with Gasteiger partial charge in [0.1, 0.15) is 0 Å². The van der Waals surface area contributed by atoms with Crippen LogP contribution in [0.4, 0.5) is 5.69 Å². The molecule has 1 heterocycles. The number of nitrogens with zero attached hydrogens (tertiary/aromatic N) is 1. The zero-order valence-corrected chi connectivity index (χ0v) is 16.1. The maximum Gasteiger partial charge on any atom is 0.255 e. The van der Waals surface area contributed by atoms with E-state index in [-0.39, 0.29) is 11.3 Å². The molecule has 1 amide bonds. The van der Waals surface area contributed by atoms with Gasteiger partial charge in [-0.25, -0.2) is 0 Å². The number of carbonyl (C=O) groups excluding carboxylic acids is 1. The Labute approximate surface area is 155 Å². The number of hydrogen-bond acceptors (Lipinski definition) is 1. The Hall–Kier alpha value is -2.81. The SMILES string of the molecule is Cc1ccc(C)n1-c1ccc(C(=O)Nc2ccc(C(C)(C)C)cc2)cc1. The summed E-state index contributed by atoms with van der Waals surface area (Å²) in [6.45, 7) is 10.7. The van der Waals surface area contributed by atoms with Gasteiger partial charge in [-0.1, -0.05) is 32.9 Å². The Bertz CT molecular complexity index is 891. The van der Waals surface area contributed by atoms with Gasteiger partial charge in [0, 0.05) is 28.3 Å². The van der Waals surface area contributed by atoms with Gasteiger partial charge in [-0.05, 0) is 73.4 Å². The molecule has 3 rings (SSSR count). The number of nitrogens with one attached hydrogen (secondary N) is 1. The lowest BCUT2D eigenvalue weighted by Gasteiger charge is -2.19. The topological polar surface area (TPSA) is 34.0 Å². The maximum atomic E-state index is 12.5. The Balaban J connectivity index is 1.74. The van der Waals surface area contributed by atoms with Gasteiger partial charge in [0.2, 0.25) is 0 Å². The van der Waals surface area contributed by atoms with Crippen molar-refractivity contribution in [1.29, 1.82) is 0 Å². The van der Waals surface area contributed by atoms with Gasteiger partial charge in [-0.15, -0.1) is 0 Å². The summed E-state index contributed by atoms with van der Waals surface area (Å²) in [5, 5.41) is 2.97. The Morgan fingerprint density at radius 1 is 0.808 bits per heavy atom. The fourth-order valence-electron chi connectivity index (χ4n) is 3.09. The van der Waals surface area contributed by atoms with Crippen LogP contribution in [-0.4, -0.2) is 10.5 Å². The zero-order valence-electron chi connectivity index (χ0n) is 16.1. The van der Waals surface area contributed by atoms with E-state index in [1.807, 2.05) is 36.4 Å². The molecule has 0 aliphatic carbocycles. The van der Waals surface area contributed by atoms with Gasteiger partial charge in [0.05, 0.1) is 0 Å². The zero-order chi connectivity index (χ0) is 18.9. The molecule has 0 bridgehead atoms. The Morgan fingerprint density at radius 2 is 1.35 bits per heavy atom. The minimum atomic E-state index is -0.0963. The molecular weight excluding hydrogens is 320 g/mol. The molecule has 1 aromatic heterocycles. The van der Waals surface area contributed by atoms with Gasteiger partial charge >= 0.3 is 0 Å². The van der Waals surface area contributed by atoms with Crippen molar-refractivity contribution in [3.63, 3.8) is 0 Å². The quantitative estimate of drug-likeness (QED) is 0.654. The molecule has 0 saturated carbocycles. The summed E-state index contributed by atoms with van der Waals surface area (Å²) in [5.41, 5.74) is 6.23. The molecule has 3 nitrogen and oxygen atoms in total. The standard InChI is InChI=1S/C23H26N2O/c1-16-6-7-17(2)25(16)21-14-8-18(9-15-21)22(26)24-20-12-10-19(11-13-20)23(3,4)5/h6-15H,1-5H3,(H,24,26). The monoisotopic (exact) mass is 346 g/mol. The first-order chi connectivity index (χ1) is 12.3. The third kappa shape index (κ3) is 3.72. The predicted octanol–water partition coefficient (Wildman–Crippen LogP) is 5.64. The van der Waals surface area contributed by atoms with Crippen molar-refractivity contribution in [3.05, 3.63) is 83.2 Å². The van der Waals surface area contributed by atoms with Crippen molar-refractivity contribution in [3.8, 4) is 5.69 Å². The molecule has 134 valence electrons. The van der Waals surface area contributed by atoms with Crippen LogP contribution in [0.5, 0.6) is 0 Å². The fraction of sp³-hybridized carbons (Fsp3) is 0.261. The number of aromatic nitrogens is 1. The number of aryl methyl sites for hydroxylation is 2. The third-order valence-electron chi connectivity index (χ3n) is 4.67. The molecule has 0 fully saturated rings. The number of amides is 1. The van der Waals surface area contributed by atoms with Crippen LogP contribution in [-0.2, 0) is 5.41 Å². The largest absolute Gasteiger partial charge is 0.322 e. The summed E-state index contributed by atoms with van der Waals surface area (Å²) in [7, 11) is 0. The second-order valence-electron chi connectivity index (χ2n) is 7.78. The van der Waals surface area contributed by atoms with Crippen molar-refractivity contribution in [2.45, 2.75) is 40.0 Å². The van der Waals surface area contributed by atoms with E-state index in [0.717, 1.165) is 11.4 Å². The lowest BCUT2D eigenvalue weighted by molar-refractivity contribution is 0.102. The normalized spacial score (nSPS) is 11.4. The molecule has 0 radical (unpaired) electrons. The van der Waals surface area contributed by atoms with Crippen LogP contribution in [0.15, 0.2) is 60.7 Å². The van der Waals surface area contributed by atoms with E-state index in [9.17, 15) is 4.79 Å². The summed E-state index contributed by atoms with van der Waals surface area (Å²) in [5.74, 6) is -0.0963. The third-order valence-corrected chi connectivity index (χ3v) is 4.67. The molecular formula is C23H26N2O. The molecule has 3 aromatic rings. The van der Waals surface area contributed by atoms with Crippen molar-refractivity contribution in [1.82, 2.24) is 4.57 Å². The van der Waals surface area contributed by atoms with Crippen molar-refractivity contribution in [2.75, 3.05) is 5.32 Å². The molecule has 3 heteroatoms. The molecule has 1 N–H and O–H groups in total. The van der Waals surface area contributed by atoms with Gasteiger partial charge < -0.3 is 9.88 Å². The highest BCUT2D eigenvalue weighted by atomic mass is 16.1. The summed E-state index contributed by atoms with van der Waals surface area (Å²) in [6, 6.07) is 19.9. The second kappa shape index (κ2) is 6.83. The lowest BCUT2D eigenvalue weighted by atomic mass is 9.87. The van der Waals surface area contributed by atoms with E-state index in [0.29, 0.717) is 5.56 Å². The maximum absolute atomic E-state index is 12.5. The minimum absolute atomic E-state index is 0.0963. The first-order valence-corrected chi connectivity index (χ1v) is 8.93. The van der Waals surface area contributed by atoms with Crippen LogP contribution in [0.3, 0.4) is 0 Å². The molecule has 0 saturated heterocycles. The summed E-state index contributed by atoms with van der Waals surface area (Å²) in [6.07, 6.45) is 0. The number of benzene rings is 2. The number of rotatable bonds is 3. The highest BCUT2D eigenvalue weighted by molar-refractivity contribution is 6.04. The van der Waals surface area contributed by atoms with Crippen LogP contribution in [0.1, 0.15) is 48.1 Å². The van der Waals surface area contributed by atoms with E-state index in [2.05, 4.69) is 68.8 Å². The highest BCUT2D eigenvalue weighted by Gasteiger charge is 2.13. The fourth-order valence-corrected chi connectivity index (χ4v) is 3.09. The number of anilines is 1. The van der Waals surface area contributed by atoms with Crippen LogP contribution >= 0.6 is 0 Å². The average Bonchev–Trinajstić information content (AvgIpc) is 2.93. The van der Waals surface area contributed by atoms with E-state index < -0.39 is 0 Å². The van der Waals surface area contributed by atoms with Gasteiger partial charge in [0.15, 0.2) is 0 Å². The van der Waals surface area contributed by atoms with Gasteiger partial charge in [0.25, 0.3) is 5.91 Å². The van der Waals surface area contributed by atoms with Gasteiger partial charge in [-0.3, -0.25) is 4.79 Å². The minimum Gasteiger partial charge on any atom is -0.322 e. The van der Waals surface area contributed by atoms with E-state index >= 15 is 0 Å². The Kier molecular flexibility index (Phi) is 4.73. The lowest BCUT2D eigenvalue weighted by Crippen LogP contribution is -2.13. The molecule has 0 unspecified atom stereocenters. The number of carbonyl (C=O) groups is 1. The van der Waals surface area contributed by atoms with Crippen molar-refractivity contribution >= 4 is 11.6 Å². The van der Waals surface area contributed by atoms with Crippen LogP contribution in [0, 0.1) is 13.8 Å². The molecule has 2 aromatic carbocycles. The van der Waals surface area contributed by atoms with Crippen LogP contribution in [0.2, 0.25) is 0 Å². The summed E-state index contributed by atoms with van der Waals surface area (Å²) in [4.78, 5) is 12.5. The van der Waals surface area contributed by atoms with E-state index in [1.165, 1.54) is 17.0 Å². The first-order valence-electron chi connectivity index (χ1n) is 8.93. The first kappa shape index (κ1) is 18.0. The molecule has 0 spiro atoms. The number of hydrogen-bond donors (Lipinski definition) is 1. The van der Waals surface area contributed by atoms with Crippen LogP contribution < -0.4 is 5.32 Å². The van der Waals surface area contributed by atoms with Crippen molar-refractivity contribution < 1.29 is 4.79 Å². The molecule has 0 aliphatic heterocycles. The smallest absolute Gasteiger partial charge is 0.255 e. The van der Waals surface area contributed by atoms with Gasteiger partial charge in [-0.2, -0.15) is 0 Å². The molecule has 26 heavy (non-hydrogen) atoms. The Morgan fingerprint density at radius 3 is 1.85 bits per heavy atom. The van der Waals surface area contributed by atoms with Crippen LogP contribution in [0.25, 0.3) is 5.69 Å². The highest BCUT2D eigenvalue weighted by Crippen LogP contribution is 2.24. The summed E-state index contributed by atoms with van der Waals surface area (Å²) < 4.78 is 2.17. The predicted molar refractivity (Wildman–Crippen MR) is 108 cm³/mol. The van der Waals surface area contributed by atoms with E-state index in [4.69, 9.17) is 0 Å². The molecule has 0 aliphatic rings. The van der Waals surface area contributed by atoms with E-state index in [1.54, 1.807) is 0 Å². The second-order valence-corrected chi connectivity index (χ2v) is 7.78. The summed E-state index contributed by atoms with van der Waals surface area (Å²) >= 11 is 0.